The number of carbonyl (C=O) groups is 1. The molecule has 0 aromatic heterocycles. The highest BCUT2D eigenvalue weighted by Crippen LogP contribution is 2.26. The molecule has 0 spiro atoms. The molecule has 0 aliphatic carbocycles. The maximum Gasteiger partial charge on any atom is 0.337 e. The van der Waals surface area contributed by atoms with Gasteiger partial charge in [0.15, 0.2) is 0 Å². The van der Waals surface area contributed by atoms with Crippen molar-refractivity contribution in [2.24, 2.45) is 0 Å². The van der Waals surface area contributed by atoms with Gasteiger partial charge in [0.2, 0.25) is 0 Å². The summed E-state index contributed by atoms with van der Waals surface area (Å²) >= 11 is 5.92. The molecule has 96 valence electrons. The van der Waals surface area contributed by atoms with E-state index in [9.17, 15) is 9.90 Å². The lowest BCUT2D eigenvalue weighted by atomic mass is 10.1. The molecule has 0 atom stereocenters. The number of hydrogen-bond donors (Lipinski definition) is 1. The number of nitriles is 1. The van der Waals surface area contributed by atoms with E-state index in [4.69, 9.17) is 16.9 Å². The van der Waals surface area contributed by atoms with Crippen molar-refractivity contribution < 1.29 is 9.90 Å². The summed E-state index contributed by atoms with van der Waals surface area (Å²) in [7, 11) is 0. The van der Waals surface area contributed by atoms with Gasteiger partial charge < -0.3 is 10.0 Å². The Morgan fingerprint density at radius 3 is 2.72 bits per heavy atom. The number of hydrogen-bond acceptors (Lipinski definition) is 3. The van der Waals surface area contributed by atoms with Crippen molar-refractivity contribution in [3.63, 3.8) is 0 Å². The molecule has 1 aromatic carbocycles. The highest BCUT2D eigenvalue weighted by molar-refractivity contribution is 6.31. The third-order valence-corrected chi connectivity index (χ3v) is 2.82. The van der Waals surface area contributed by atoms with Gasteiger partial charge in [0.05, 0.1) is 23.7 Å². The summed E-state index contributed by atoms with van der Waals surface area (Å²) in [6, 6.07) is 6.82. The predicted octanol–water partition coefficient (Wildman–Crippen LogP) is 3.17. The average Bonchev–Trinajstić information content (AvgIpc) is 2.28. The Kier molecular flexibility index (Phi) is 4.99. The Morgan fingerprint density at radius 2 is 2.22 bits per heavy atom. The van der Waals surface area contributed by atoms with Crippen molar-refractivity contribution in [3.8, 4) is 6.07 Å². The molecule has 1 aromatic rings. The number of aromatic carboxylic acids is 1. The number of carboxylic acid groups (broad SMARTS) is 1. The van der Waals surface area contributed by atoms with Crippen LogP contribution in [0, 0.1) is 11.3 Å². The highest BCUT2D eigenvalue weighted by atomic mass is 35.5. The molecule has 0 aliphatic rings. The molecular formula is C13H15ClN2O2. The molecule has 0 unspecified atom stereocenters. The first-order chi connectivity index (χ1) is 8.47. The molecule has 0 heterocycles. The van der Waals surface area contributed by atoms with Crippen LogP contribution in [-0.2, 0) is 0 Å². The SMILES string of the molecule is CC(C)N(CCC#N)c1cc(Cl)ccc1C(=O)O. The topological polar surface area (TPSA) is 64.3 Å². The first kappa shape index (κ1) is 14.3. The molecular weight excluding hydrogens is 252 g/mol. The van der Waals surface area contributed by atoms with Gasteiger partial charge >= 0.3 is 5.97 Å². The standard InChI is InChI=1S/C13H15ClN2O2/c1-9(2)16(7-3-6-15)12-8-10(14)4-5-11(12)13(17)18/h4-5,8-9H,3,7H2,1-2H3,(H,17,18). The summed E-state index contributed by atoms with van der Waals surface area (Å²) in [5.74, 6) is -0.996. The van der Waals surface area contributed by atoms with E-state index in [1.807, 2.05) is 18.7 Å². The summed E-state index contributed by atoms with van der Waals surface area (Å²) < 4.78 is 0. The molecule has 4 nitrogen and oxygen atoms in total. The second-order valence-electron chi connectivity index (χ2n) is 4.16. The summed E-state index contributed by atoms with van der Waals surface area (Å²) in [6.45, 7) is 4.38. The van der Waals surface area contributed by atoms with E-state index < -0.39 is 5.97 Å². The van der Waals surface area contributed by atoms with E-state index in [0.717, 1.165) is 0 Å². The minimum atomic E-state index is -0.996. The van der Waals surface area contributed by atoms with E-state index in [0.29, 0.717) is 23.7 Å². The van der Waals surface area contributed by atoms with Crippen molar-refractivity contribution in [1.82, 2.24) is 0 Å². The number of nitrogens with zero attached hydrogens (tertiary/aromatic N) is 2. The monoisotopic (exact) mass is 266 g/mol. The molecule has 1 N–H and O–H groups in total. The van der Waals surface area contributed by atoms with Crippen LogP contribution in [0.5, 0.6) is 0 Å². The zero-order valence-electron chi connectivity index (χ0n) is 10.4. The fraction of sp³-hybridized carbons (Fsp3) is 0.385. The lowest BCUT2D eigenvalue weighted by molar-refractivity contribution is 0.0697. The van der Waals surface area contributed by atoms with Gasteiger partial charge in [0.1, 0.15) is 0 Å². The summed E-state index contributed by atoms with van der Waals surface area (Å²) in [5, 5.41) is 18.3. The summed E-state index contributed by atoms with van der Waals surface area (Å²) in [4.78, 5) is 13.1. The number of carboxylic acids is 1. The Labute approximate surface area is 111 Å². The molecule has 0 amide bonds. The fourth-order valence-corrected chi connectivity index (χ4v) is 1.92. The lowest BCUT2D eigenvalue weighted by Crippen LogP contribution is -2.33. The van der Waals surface area contributed by atoms with Crippen molar-refractivity contribution in [2.45, 2.75) is 26.3 Å². The van der Waals surface area contributed by atoms with E-state index >= 15 is 0 Å². The van der Waals surface area contributed by atoms with E-state index in [1.54, 1.807) is 12.1 Å². The summed E-state index contributed by atoms with van der Waals surface area (Å²) in [6.07, 6.45) is 0.337. The molecule has 5 heteroatoms. The minimum absolute atomic E-state index is 0.0925. The van der Waals surface area contributed by atoms with Gasteiger partial charge in [0, 0.05) is 17.6 Å². The second-order valence-corrected chi connectivity index (χ2v) is 4.60. The fourth-order valence-electron chi connectivity index (χ4n) is 1.75. The molecule has 18 heavy (non-hydrogen) atoms. The van der Waals surface area contributed by atoms with Crippen LogP contribution < -0.4 is 4.90 Å². The van der Waals surface area contributed by atoms with Gasteiger partial charge in [-0.3, -0.25) is 0 Å². The molecule has 0 radical (unpaired) electrons. The first-order valence-electron chi connectivity index (χ1n) is 5.63. The van der Waals surface area contributed by atoms with Gasteiger partial charge in [-0.15, -0.1) is 0 Å². The van der Waals surface area contributed by atoms with E-state index in [1.165, 1.54) is 6.07 Å². The Bertz CT molecular complexity index is 480. The largest absolute Gasteiger partial charge is 0.478 e. The minimum Gasteiger partial charge on any atom is -0.478 e. The maximum absolute atomic E-state index is 11.2. The van der Waals surface area contributed by atoms with E-state index in [-0.39, 0.29) is 11.6 Å². The third kappa shape index (κ3) is 3.38. The first-order valence-corrected chi connectivity index (χ1v) is 6.01. The van der Waals surface area contributed by atoms with Crippen molar-refractivity contribution in [1.29, 1.82) is 5.26 Å². The van der Waals surface area contributed by atoms with Crippen LogP contribution in [0.15, 0.2) is 18.2 Å². The molecule has 1 rings (SSSR count). The van der Waals surface area contributed by atoms with Crippen LogP contribution in [0.2, 0.25) is 5.02 Å². The van der Waals surface area contributed by atoms with Crippen molar-refractivity contribution in [2.75, 3.05) is 11.4 Å². The predicted molar refractivity (Wildman–Crippen MR) is 71.1 cm³/mol. The van der Waals surface area contributed by atoms with Crippen LogP contribution in [0.3, 0.4) is 0 Å². The number of halogens is 1. The van der Waals surface area contributed by atoms with Crippen LogP contribution in [0.1, 0.15) is 30.6 Å². The Hall–Kier alpha value is -1.73. The van der Waals surface area contributed by atoms with Gasteiger partial charge in [-0.2, -0.15) is 5.26 Å². The summed E-state index contributed by atoms with van der Waals surface area (Å²) in [5.41, 5.74) is 0.756. The number of anilines is 1. The number of benzene rings is 1. The molecule has 0 saturated carbocycles. The van der Waals surface area contributed by atoms with Gasteiger partial charge in [-0.05, 0) is 32.0 Å². The zero-order chi connectivity index (χ0) is 13.7. The van der Waals surface area contributed by atoms with Crippen LogP contribution in [-0.4, -0.2) is 23.7 Å². The quantitative estimate of drug-likeness (QED) is 0.889. The van der Waals surface area contributed by atoms with E-state index in [2.05, 4.69) is 6.07 Å². The second kappa shape index (κ2) is 6.27. The molecule has 0 bridgehead atoms. The zero-order valence-corrected chi connectivity index (χ0v) is 11.1. The normalized spacial score (nSPS) is 10.2. The highest BCUT2D eigenvalue weighted by Gasteiger charge is 2.18. The molecule has 0 fully saturated rings. The smallest absolute Gasteiger partial charge is 0.337 e. The average molecular weight is 267 g/mol. The van der Waals surface area contributed by atoms with Crippen LogP contribution in [0.25, 0.3) is 0 Å². The Morgan fingerprint density at radius 1 is 1.56 bits per heavy atom. The Balaban J connectivity index is 3.21. The van der Waals surface area contributed by atoms with Crippen molar-refractivity contribution in [3.05, 3.63) is 28.8 Å². The maximum atomic E-state index is 11.2. The van der Waals surface area contributed by atoms with Gasteiger partial charge in [0.25, 0.3) is 0 Å². The van der Waals surface area contributed by atoms with Gasteiger partial charge in [-0.25, -0.2) is 4.79 Å². The van der Waals surface area contributed by atoms with Gasteiger partial charge in [-0.1, -0.05) is 11.6 Å². The molecule has 0 aliphatic heterocycles. The molecule has 0 saturated heterocycles. The van der Waals surface area contributed by atoms with Crippen LogP contribution >= 0.6 is 11.6 Å². The van der Waals surface area contributed by atoms with Crippen LogP contribution in [0.4, 0.5) is 5.69 Å². The third-order valence-electron chi connectivity index (χ3n) is 2.59. The lowest BCUT2D eigenvalue weighted by Gasteiger charge is -2.29. The van der Waals surface area contributed by atoms with Crippen molar-refractivity contribution >= 4 is 23.3 Å². The number of rotatable bonds is 5.